The number of amides is 2. The second kappa shape index (κ2) is 11.1. The Balaban J connectivity index is 1.35. The monoisotopic (exact) mass is 478 g/mol. The molecule has 1 saturated carbocycles. The van der Waals surface area contributed by atoms with Crippen LogP contribution < -0.4 is 14.8 Å². The van der Waals surface area contributed by atoms with E-state index in [1.165, 1.54) is 30.4 Å². The van der Waals surface area contributed by atoms with Crippen molar-refractivity contribution in [3.63, 3.8) is 0 Å². The molecular formula is C29H38N2O4. The van der Waals surface area contributed by atoms with Gasteiger partial charge in [-0.25, -0.2) is 0 Å². The molecule has 6 nitrogen and oxygen atoms in total. The molecule has 0 bridgehead atoms. The number of carbonyl (C=O) groups excluding carboxylic acids is 2. The second-order valence-electron chi connectivity index (χ2n) is 10.1. The van der Waals surface area contributed by atoms with E-state index in [0.29, 0.717) is 49.5 Å². The number of hydrogen-bond donors (Lipinski definition) is 1. The topological polar surface area (TPSA) is 67.9 Å². The lowest BCUT2D eigenvalue weighted by Gasteiger charge is -2.39. The highest BCUT2D eigenvalue weighted by molar-refractivity contribution is 5.95. The number of methoxy groups -OCH3 is 2. The van der Waals surface area contributed by atoms with Crippen LogP contribution in [-0.4, -0.2) is 50.6 Å². The molecule has 35 heavy (non-hydrogen) atoms. The Bertz CT molecular complexity index is 1010. The number of likely N-dealkylation sites (tertiary alicyclic amines) is 1. The molecule has 1 heterocycles. The molecule has 188 valence electrons. The summed E-state index contributed by atoms with van der Waals surface area (Å²) in [7, 11) is 3.15. The SMILES string of the molecule is COc1cc(OC)cc(C(=O)N2CCC(C(=O)NCC3(c4cccc(C)c4)CCCCC3)CC2)c1. The zero-order chi connectivity index (χ0) is 24.8. The van der Waals surface area contributed by atoms with Gasteiger partial charge in [-0.3, -0.25) is 9.59 Å². The Hall–Kier alpha value is -3.02. The predicted molar refractivity (Wildman–Crippen MR) is 137 cm³/mol. The van der Waals surface area contributed by atoms with Gasteiger partial charge in [-0.05, 0) is 50.3 Å². The van der Waals surface area contributed by atoms with Gasteiger partial charge in [-0.1, -0.05) is 49.1 Å². The summed E-state index contributed by atoms with van der Waals surface area (Å²) in [5, 5.41) is 3.31. The number of piperidine rings is 1. The van der Waals surface area contributed by atoms with Gasteiger partial charge in [-0.2, -0.15) is 0 Å². The number of aryl methyl sites for hydroxylation is 1. The number of carbonyl (C=O) groups is 2. The average Bonchev–Trinajstić information content (AvgIpc) is 2.91. The maximum atomic E-state index is 13.1. The Labute approximate surface area is 209 Å². The van der Waals surface area contributed by atoms with E-state index in [9.17, 15) is 9.59 Å². The minimum atomic E-state index is -0.0583. The first-order chi connectivity index (χ1) is 16.9. The van der Waals surface area contributed by atoms with Gasteiger partial charge in [0, 0.05) is 42.6 Å². The fourth-order valence-corrected chi connectivity index (χ4v) is 5.63. The zero-order valence-corrected chi connectivity index (χ0v) is 21.3. The van der Waals surface area contributed by atoms with Crippen LogP contribution in [0.2, 0.25) is 0 Å². The van der Waals surface area contributed by atoms with Gasteiger partial charge in [0.15, 0.2) is 0 Å². The van der Waals surface area contributed by atoms with Crippen LogP contribution in [0.5, 0.6) is 11.5 Å². The van der Waals surface area contributed by atoms with E-state index in [-0.39, 0.29) is 23.1 Å². The van der Waals surface area contributed by atoms with Gasteiger partial charge in [0.1, 0.15) is 11.5 Å². The van der Waals surface area contributed by atoms with Gasteiger partial charge < -0.3 is 19.7 Å². The third kappa shape index (κ3) is 5.80. The van der Waals surface area contributed by atoms with Crippen molar-refractivity contribution < 1.29 is 19.1 Å². The third-order valence-corrected chi connectivity index (χ3v) is 7.79. The Morgan fingerprint density at radius 1 is 0.971 bits per heavy atom. The van der Waals surface area contributed by atoms with Crippen molar-refractivity contribution in [3.8, 4) is 11.5 Å². The first-order valence-electron chi connectivity index (χ1n) is 12.8. The Morgan fingerprint density at radius 3 is 2.23 bits per heavy atom. The standard InChI is InChI=1S/C29H38N2O4/c1-21-8-7-9-24(16-21)29(12-5-4-6-13-29)20-30-27(32)22-10-14-31(15-11-22)28(33)23-17-25(34-2)19-26(18-23)35-3/h7-9,16-19,22H,4-6,10-15,20H2,1-3H3,(H,30,32). The highest BCUT2D eigenvalue weighted by atomic mass is 16.5. The lowest BCUT2D eigenvalue weighted by Crippen LogP contribution is -2.47. The molecule has 0 radical (unpaired) electrons. The van der Waals surface area contributed by atoms with Crippen molar-refractivity contribution in [3.05, 3.63) is 59.2 Å². The number of nitrogens with zero attached hydrogens (tertiary/aromatic N) is 1. The van der Waals surface area contributed by atoms with Crippen molar-refractivity contribution in [2.24, 2.45) is 5.92 Å². The fraction of sp³-hybridized carbons (Fsp3) is 0.517. The predicted octanol–water partition coefficient (Wildman–Crippen LogP) is 4.88. The van der Waals surface area contributed by atoms with E-state index >= 15 is 0 Å². The molecular weight excluding hydrogens is 440 g/mol. The minimum absolute atomic E-state index is 0.0298. The van der Waals surface area contributed by atoms with Crippen molar-refractivity contribution >= 4 is 11.8 Å². The minimum Gasteiger partial charge on any atom is -0.497 e. The van der Waals surface area contributed by atoms with E-state index in [1.807, 2.05) is 4.90 Å². The summed E-state index contributed by atoms with van der Waals surface area (Å²) in [4.78, 5) is 28.1. The highest BCUT2D eigenvalue weighted by Gasteiger charge is 2.35. The maximum absolute atomic E-state index is 13.1. The number of ether oxygens (including phenoxy) is 2. The summed E-state index contributed by atoms with van der Waals surface area (Å²) in [6, 6.07) is 14.0. The summed E-state index contributed by atoms with van der Waals surface area (Å²) >= 11 is 0. The lowest BCUT2D eigenvalue weighted by molar-refractivity contribution is -0.126. The third-order valence-electron chi connectivity index (χ3n) is 7.79. The molecule has 0 aromatic heterocycles. The molecule has 0 spiro atoms. The molecule has 2 aromatic rings. The van der Waals surface area contributed by atoms with Crippen molar-refractivity contribution in [2.45, 2.75) is 57.3 Å². The van der Waals surface area contributed by atoms with Gasteiger partial charge in [-0.15, -0.1) is 0 Å². The van der Waals surface area contributed by atoms with Crippen LogP contribution in [0.25, 0.3) is 0 Å². The Kier molecular flexibility index (Phi) is 7.99. The molecule has 6 heteroatoms. The van der Waals surface area contributed by atoms with Gasteiger partial charge in [0.05, 0.1) is 14.2 Å². The summed E-state index contributed by atoms with van der Waals surface area (Å²) in [5.41, 5.74) is 3.19. The fourth-order valence-electron chi connectivity index (χ4n) is 5.63. The van der Waals surface area contributed by atoms with E-state index in [0.717, 1.165) is 12.8 Å². The molecule has 1 aliphatic heterocycles. The largest absolute Gasteiger partial charge is 0.497 e. The molecule has 1 N–H and O–H groups in total. The van der Waals surface area contributed by atoms with Crippen LogP contribution in [0.3, 0.4) is 0 Å². The van der Waals surface area contributed by atoms with Crippen molar-refractivity contribution in [1.29, 1.82) is 0 Å². The smallest absolute Gasteiger partial charge is 0.254 e. The molecule has 1 saturated heterocycles. The number of rotatable bonds is 7. The van der Waals surface area contributed by atoms with E-state index in [4.69, 9.17) is 9.47 Å². The normalized spacial score (nSPS) is 18.1. The molecule has 1 aliphatic carbocycles. The van der Waals surface area contributed by atoms with Crippen LogP contribution >= 0.6 is 0 Å². The molecule has 0 unspecified atom stereocenters. The van der Waals surface area contributed by atoms with Crippen LogP contribution in [0.15, 0.2) is 42.5 Å². The average molecular weight is 479 g/mol. The summed E-state index contributed by atoms with van der Waals surface area (Å²) < 4.78 is 10.6. The summed E-state index contributed by atoms with van der Waals surface area (Å²) in [6.07, 6.45) is 7.28. The molecule has 2 aromatic carbocycles. The molecule has 2 fully saturated rings. The van der Waals surface area contributed by atoms with E-state index in [1.54, 1.807) is 32.4 Å². The molecule has 0 atom stereocenters. The number of benzene rings is 2. The van der Waals surface area contributed by atoms with Gasteiger partial charge >= 0.3 is 0 Å². The van der Waals surface area contributed by atoms with E-state index < -0.39 is 0 Å². The molecule has 2 aliphatic rings. The number of nitrogens with one attached hydrogen (secondary N) is 1. The lowest BCUT2D eigenvalue weighted by atomic mass is 9.69. The summed E-state index contributed by atoms with van der Waals surface area (Å²) in [5.74, 6) is 1.19. The first kappa shape index (κ1) is 25.1. The second-order valence-corrected chi connectivity index (χ2v) is 10.1. The van der Waals surface area contributed by atoms with Crippen LogP contribution in [0.4, 0.5) is 0 Å². The number of hydrogen-bond acceptors (Lipinski definition) is 4. The van der Waals surface area contributed by atoms with Crippen LogP contribution in [0, 0.1) is 12.8 Å². The quantitative estimate of drug-likeness (QED) is 0.616. The van der Waals surface area contributed by atoms with E-state index in [2.05, 4.69) is 36.5 Å². The first-order valence-corrected chi connectivity index (χ1v) is 12.8. The maximum Gasteiger partial charge on any atom is 0.254 e. The van der Waals surface area contributed by atoms with Crippen LogP contribution in [-0.2, 0) is 10.2 Å². The van der Waals surface area contributed by atoms with Crippen molar-refractivity contribution in [1.82, 2.24) is 10.2 Å². The Morgan fingerprint density at radius 2 is 1.63 bits per heavy atom. The van der Waals surface area contributed by atoms with Gasteiger partial charge in [0.25, 0.3) is 5.91 Å². The molecule has 4 rings (SSSR count). The molecule has 2 amide bonds. The summed E-state index contributed by atoms with van der Waals surface area (Å²) in [6.45, 7) is 3.96. The zero-order valence-electron chi connectivity index (χ0n) is 21.3. The van der Waals surface area contributed by atoms with Gasteiger partial charge in [0.2, 0.25) is 5.91 Å². The highest BCUT2D eigenvalue weighted by Crippen LogP contribution is 2.39. The van der Waals surface area contributed by atoms with Crippen molar-refractivity contribution in [2.75, 3.05) is 33.9 Å². The van der Waals surface area contributed by atoms with Crippen LogP contribution in [0.1, 0.15) is 66.4 Å².